The van der Waals surface area contributed by atoms with E-state index in [0.29, 0.717) is 24.0 Å². The fourth-order valence-electron chi connectivity index (χ4n) is 2.65. The van der Waals surface area contributed by atoms with E-state index in [1.165, 1.54) is 0 Å². The van der Waals surface area contributed by atoms with Crippen LogP contribution in [0.1, 0.15) is 39.5 Å². The highest BCUT2D eigenvalue weighted by Gasteiger charge is 2.35. The molecule has 0 atom stereocenters. The van der Waals surface area contributed by atoms with Crippen LogP contribution in [0.15, 0.2) is 18.3 Å². The summed E-state index contributed by atoms with van der Waals surface area (Å²) in [5, 5.41) is 0.511. The average molecular weight is 311 g/mol. The van der Waals surface area contributed by atoms with Crippen molar-refractivity contribution < 1.29 is 9.53 Å². The number of nitrogens with zero attached hydrogens (tertiary/aromatic N) is 2. The summed E-state index contributed by atoms with van der Waals surface area (Å²) in [6, 6.07) is 3.52. The third kappa shape index (κ3) is 4.10. The minimum absolute atomic E-state index is 0.00486. The zero-order valence-electron chi connectivity index (χ0n) is 12.7. The summed E-state index contributed by atoms with van der Waals surface area (Å²) in [6.45, 7) is 5.52. The van der Waals surface area contributed by atoms with Gasteiger partial charge in [0.25, 0.3) is 0 Å². The molecule has 0 aromatic carbocycles. The fourth-order valence-corrected chi connectivity index (χ4v) is 2.82. The number of amides is 1. The van der Waals surface area contributed by atoms with Gasteiger partial charge in [0.05, 0.1) is 13.1 Å². The molecule has 5 heteroatoms. The molecule has 1 amide bonds. The molecule has 116 valence electrons. The molecular formula is C16H23ClN2O2. The Labute approximate surface area is 131 Å². The van der Waals surface area contributed by atoms with Gasteiger partial charge in [-0.15, -0.1) is 0 Å². The molecule has 4 nitrogen and oxygen atoms in total. The number of halogens is 1. The molecular weight excluding hydrogens is 288 g/mol. The summed E-state index contributed by atoms with van der Waals surface area (Å²) in [6.07, 6.45) is 5.70. The molecule has 0 N–H and O–H groups in total. The highest BCUT2D eigenvalue weighted by atomic mass is 35.5. The van der Waals surface area contributed by atoms with Crippen LogP contribution in [0.25, 0.3) is 0 Å². The maximum absolute atomic E-state index is 12.4. The van der Waals surface area contributed by atoms with Crippen molar-refractivity contribution in [1.82, 2.24) is 9.88 Å². The van der Waals surface area contributed by atoms with Crippen molar-refractivity contribution in [3.8, 4) is 5.88 Å². The number of carbonyl (C=O) groups is 1. The number of pyridine rings is 1. The first-order valence-corrected chi connectivity index (χ1v) is 8.09. The summed E-state index contributed by atoms with van der Waals surface area (Å²) in [4.78, 5) is 18.4. The van der Waals surface area contributed by atoms with Crippen LogP contribution in [0.5, 0.6) is 5.88 Å². The van der Waals surface area contributed by atoms with E-state index >= 15 is 0 Å². The van der Waals surface area contributed by atoms with Crippen molar-refractivity contribution in [2.24, 2.45) is 5.92 Å². The summed E-state index contributed by atoms with van der Waals surface area (Å²) in [5.41, 5.74) is 0. The SMILES string of the molecule is CCCC(CCC)C(=O)N1CC(Oc2ncccc2Cl)C1. The average Bonchev–Trinajstić information content (AvgIpc) is 2.43. The van der Waals surface area contributed by atoms with E-state index < -0.39 is 0 Å². The Bertz CT molecular complexity index is 469. The molecule has 2 rings (SSSR count). The first-order chi connectivity index (χ1) is 10.2. The number of rotatable bonds is 7. The minimum atomic E-state index is 0.00486. The second-order valence-electron chi connectivity index (χ2n) is 5.55. The molecule has 1 aromatic heterocycles. The van der Waals surface area contributed by atoms with Crippen LogP contribution in [-0.4, -0.2) is 35.0 Å². The maximum atomic E-state index is 12.4. The van der Waals surface area contributed by atoms with E-state index in [1.807, 2.05) is 4.90 Å². The molecule has 1 aliphatic heterocycles. The Morgan fingerprint density at radius 3 is 2.67 bits per heavy atom. The van der Waals surface area contributed by atoms with E-state index in [2.05, 4.69) is 18.8 Å². The Morgan fingerprint density at radius 1 is 1.43 bits per heavy atom. The molecule has 0 saturated carbocycles. The van der Waals surface area contributed by atoms with Gasteiger partial charge in [-0.25, -0.2) is 4.98 Å². The largest absolute Gasteiger partial charge is 0.470 e. The monoisotopic (exact) mass is 310 g/mol. The molecule has 0 spiro atoms. The highest BCUT2D eigenvalue weighted by Crippen LogP contribution is 2.26. The summed E-state index contributed by atoms with van der Waals surface area (Å²) in [7, 11) is 0. The van der Waals surface area contributed by atoms with E-state index in [0.717, 1.165) is 25.7 Å². The molecule has 1 aromatic rings. The second kappa shape index (κ2) is 7.64. The summed E-state index contributed by atoms with van der Waals surface area (Å²) >= 11 is 6.01. The van der Waals surface area contributed by atoms with Crippen LogP contribution >= 0.6 is 11.6 Å². The standard InChI is InChI=1S/C16H23ClN2O2/c1-3-6-12(7-4-2)16(20)19-10-13(11-19)21-15-14(17)8-5-9-18-15/h5,8-9,12-13H,3-4,6-7,10-11H2,1-2H3. The molecule has 0 radical (unpaired) electrons. The maximum Gasteiger partial charge on any atom is 0.232 e. The first kappa shape index (κ1) is 16.1. The predicted molar refractivity (Wildman–Crippen MR) is 83.5 cm³/mol. The lowest BCUT2D eigenvalue weighted by Crippen LogP contribution is -2.57. The molecule has 1 fully saturated rings. The molecule has 1 saturated heterocycles. The quantitative estimate of drug-likeness (QED) is 0.773. The summed E-state index contributed by atoms with van der Waals surface area (Å²) in [5.74, 6) is 0.889. The number of carbonyl (C=O) groups excluding carboxylic acids is 1. The normalized spacial score (nSPS) is 15.1. The van der Waals surface area contributed by atoms with Crippen molar-refractivity contribution in [2.75, 3.05) is 13.1 Å². The highest BCUT2D eigenvalue weighted by molar-refractivity contribution is 6.31. The lowest BCUT2D eigenvalue weighted by atomic mass is 9.95. The predicted octanol–water partition coefficient (Wildman–Crippen LogP) is 3.54. The molecule has 1 aliphatic rings. The number of likely N-dealkylation sites (tertiary alicyclic amines) is 1. The lowest BCUT2D eigenvalue weighted by molar-refractivity contribution is -0.145. The molecule has 0 aliphatic carbocycles. The van der Waals surface area contributed by atoms with Gasteiger partial charge in [-0.3, -0.25) is 4.79 Å². The second-order valence-corrected chi connectivity index (χ2v) is 5.95. The van der Waals surface area contributed by atoms with E-state index in [1.54, 1.807) is 18.3 Å². The number of hydrogen-bond acceptors (Lipinski definition) is 3. The molecule has 0 unspecified atom stereocenters. The van der Waals surface area contributed by atoms with Crippen molar-refractivity contribution in [2.45, 2.75) is 45.6 Å². The molecule has 2 heterocycles. The third-order valence-corrected chi connectivity index (χ3v) is 4.07. The van der Waals surface area contributed by atoms with Gasteiger partial charge in [0.2, 0.25) is 11.8 Å². The van der Waals surface area contributed by atoms with Gasteiger partial charge in [0, 0.05) is 12.1 Å². The van der Waals surface area contributed by atoms with Crippen molar-refractivity contribution in [1.29, 1.82) is 0 Å². The number of aromatic nitrogens is 1. The Balaban J connectivity index is 1.83. The van der Waals surface area contributed by atoms with Gasteiger partial charge < -0.3 is 9.64 Å². The lowest BCUT2D eigenvalue weighted by Gasteiger charge is -2.40. The van der Waals surface area contributed by atoms with E-state index in [4.69, 9.17) is 16.3 Å². The van der Waals surface area contributed by atoms with Crippen LogP contribution in [-0.2, 0) is 4.79 Å². The summed E-state index contributed by atoms with van der Waals surface area (Å²) < 4.78 is 5.72. The zero-order chi connectivity index (χ0) is 15.2. The Morgan fingerprint density at radius 2 is 2.10 bits per heavy atom. The number of ether oxygens (including phenoxy) is 1. The Hall–Kier alpha value is -1.29. The zero-order valence-corrected chi connectivity index (χ0v) is 13.5. The van der Waals surface area contributed by atoms with Gasteiger partial charge >= 0.3 is 0 Å². The van der Waals surface area contributed by atoms with Gasteiger partial charge in [-0.05, 0) is 25.0 Å². The number of hydrogen-bond donors (Lipinski definition) is 0. The first-order valence-electron chi connectivity index (χ1n) is 7.71. The topological polar surface area (TPSA) is 42.4 Å². The van der Waals surface area contributed by atoms with Crippen molar-refractivity contribution in [3.63, 3.8) is 0 Å². The van der Waals surface area contributed by atoms with Gasteiger partial charge in [-0.2, -0.15) is 0 Å². The van der Waals surface area contributed by atoms with Crippen LogP contribution in [0.2, 0.25) is 5.02 Å². The smallest absolute Gasteiger partial charge is 0.232 e. The van der Waals surface area contributed by atoms with Gasteiger partial charge in [0.15, 0.2) is 0 Å². The fraction of sp³-hybridized carbons (Fsp3) is 0.625. The van der Waals surface area contributed by atoms with Gasteiger partial charge in [-0.1, -0.05) is 38.3 Å². The van der Waals surface area contributed by atoms with Crippen LogP contribution in [0.4, 0.5) is 0 Å². The molecule has 21 heavy (non-hydrogen) atoms. The molecule has 0 bridgehead atoms. The Kier molecular flexibility index (Phi) is 5.85. The minimum Gasteiger partial charge on any atom is -0.470 e. The van der Waals surface area contributed by atoms with Crippen LogP contribution in [0.3, 0.4) is 0 Å². The van der Waals surface area contributed by atoms with E-state index in [9.17, 15) is 4.79 Å². The van der Waals surface area contributed by atoms with Crippen LogP contribution < -0.4 is 4.74 Å². The van der Waals surface area contributed by atoms with Crippen LogP contribution in [0, 0.1) is 5.92 Å². The van der Waals surface area contributed by atoms with Crippen molar-refractivity contribution >= 4 is 17.5 Å². The van der Waals surface area contributed by atoms with Gasteiger partial charge in [0.1, 0.15) is 11.1 Å². The van der Waals surface area contributed by atoms with E-state index in [-0.39, 0.29) is 17.9 Å². The third-order valence-electron chi connectivity index (χ3n) is 3.79. The van der Waals surface area contributed by atoms with Crippen molar-refractivity contribution in [3.05, 3.63) is 23.4 Å².